The number of hydrogen-bond donors (Lipinski definition) is 2. The fourth-order valence-corrected chi connectivity index (χ4v) is 3.27. The van der Waals surface area contributed by atoms with Gasteiger partial charge in [-0.25, -0.2) is 0 Å². The Balaban J connectivity index is 1.58. The number of nitrogens with one attached hydrogen (secondary N) is 2. The zero-order valence-corrected chi connectivity index (χ0v) is 15.2. The standard InChI is InChI=1S/C17H20N4O4S/c1-24-10-14-20-21-17(26-14)16(23)19-12-5-2-4-11(8-12)15(22)18-9-13-6-3-7-25-13/h2,4-5,8,13H,3,6-7,9-10H2,1H3,(H,18,22)(H,19,23)/t13-/m1/s1. The van der Waals surface area contributed by atoms with E-state index in [1.165, 1.54) is 11.3 Å². The van der Waals surface area contributed by atoms with Crippen molar-refractivity contribution in [2.75, 3.05) is 25.6 Å². The van der Waals surface area contributed by atoms with Crippen LogP contribution in [0, 0.1) is 0 Å². The van der Waals surface area contributed by atoms with Crippen molar-refractivity contribution in [2.24, 2.45) is 0 Å². The number of ether oxygens (including phenoxy) is 2. The summed E-state index contributed by atoms with van der Waals surface area (Å²) in [5.74, 6) is -0.573. The third kappa shape index (κ3) is 4.84. The van der Waals surface area contributed by atoms with Gasteiger partial charge in [0, 0.05) is 31.5 Å². The molecule has 1 aromatic heterocycles. The molecular formula is C17H20N4O4S. The molecule has 0 spiro atoms. The number of carbonyl (C=O) groups is 2. The van der Waals surface area contributed by atoms with Crippen LogP contribution in [-0.2, 0) is 16.1 Å². The molecule has 0 bridgehead atoms. The first-order chi connectivity index (χ1) is 12.7. The summed E-state index contributed by atoms with van der Waals surface area (Å²) in [6, 6.07) is 6.75. The fraction of sp³-hybridized carbons (Fsp3) is 0.412. The number of anilines is 1. The predicted molar refractivity (Wildman–Crippen MR) is 96.3 cm³/mol. The Kier molecular flexibility index (Phi) is 6.26. The second-order valence-electron chi connectivity index (χ2n) is 5.81. The average molecular weight is 376 g/mol. The highest BCUT2D eigenvalue weighted by molar-refractivity contribution is 7.13. The number of nitrogens with zero attached hydrogens (tertiary/aromatic N) is 2. The van der Waals surface area contributed by atoms with Gasteiger partial charge in [0.15, 0.2) is 0 Å². The molecule has 1 fully saturated rings. The maximum atomic E-state index is 12.3. The van der Waals surface area contributed by atoms with E-state index in [1.54, 1.807) is 31.4 Å². The number of carbonyl (C=O) groups excluding carboxylic acids is 2. The molecule has 26 heavy (non-hydrogen) atoms. The van der Waals surface area contributed by atoms with Gasteiger partial charge in [-0.2, -0.15) is 0 Å². The molecule has 0 aliphatic carbocycles. The van der Waals surface area contributed by atoms with Gasteiger partial charge in [-0.05, 0) is 31.0 Å². The van der Waals surface area contributed by atoms with E-state index in [-0.39, 0.29) is 22.9 Å². The predicted octanol–water partition coefficient (Wildman–Crippen LogP) is 1.85. The lowest BCUT2D eigenvalue weighted by Gasteiger charge is -2.11. The van der Waals surface area contributed by atoms with Gasteiger partial charge in [0.05, 0.1) is 12.7 Å². The van der Waals surface area contributed by atoms with Crippen molar-refractivity contribution < 1.29 is 19.1 Å². The Labute approximate surface area is 154 Å². The SMILES string of the molecule is COCc1nnc(C(=O)Nc2cccc(C(=O)NC[C@H]3CCCO3)c2)s1. The Morgan fingerprint density at radius 1 is 1.35 bits per heavy atom. The maximum Gasteiger partial charge on any atom is 0.286 e. The Hall–Kier alpha value is -2.36. The summed E-state index contributed by atoms with van der Waals surface area (Å²) in [6.07, 6.45) is 2.07. The first kappa shape index (κ1) is 18.4. The third-order valence-electron chi connectivity index (χ3n) is 3.83. The third-order valence-corrected chi connectivity index (χ3v) is 4.72. The van der Waals surface area contributed by atoms with Gasteiger partial charge >= 0.3 is 0 Å². The van der Waals surface area contributed by atoms with Crippen LogP contribution in [0.25, 0.3) is 0 Å². The largest absolute Gasteiger partial charge is 0.377 e. The van der Waals surface area contributed by atoms with Gasteiger partial charge < -0.3 is 20.1 Å². The van der Waals surface area contributed by atoms with Crippen molar-refractivity contribution in [3.63, 3.8) is 0 Å². The topological polar surface area (TPSA) is 102 Å². The first-order valence-electron chi connectivity index (χ1n) is 8.28. The van der Waals surface area contributed by atoms with E-state index < -0.39 is 0 Å². The lowest BCUT2D eigenvalue weighted by molar-refractivity contribution is 0.0857. The first-order valence-corrected chi connectivity index (χ1v) is 9.10. The number of amides is 2. The molecular weight excluding hydrogens is 356 g/mol. The van der Waals surface area contributed by atoms with Crippen molar-refractivity contribution in [2.45, 2.75) is 25.6 Å². The van der Waals surface area contributed by atoms with Crippen LogP contribution < -0.4 is 10.6 Å². The molecule has 2 aromatic rings. The molecule has 0 saturated carbocycles. The highest BCUT2D eigenvalue weighted by Crippen LogP contribution is 2.16. The summed E-state index contributed by atoms with van der Waals surface area (Å²) in [5.41, 5.74) is 0.987. The lowest BCUT2D eigenvalue weighted by Crippen LogP contribution is -2.31. The van der Waals surface area contributed by atoms with Crippen LogP contribution in [0.15, 0.2) is 24.3 Å². The molecule has 1 atom stereocenters. The molecule has 1 saturated heterocycles. The summed E-state index contributed by atoms with van der Waals surface area (Å²) >= 11 is 1.17. The van der Waals surface area contributed by atoms with E-state index in [4.69, 9.17) is 9.47 Å². The van der Waals surface area contributed by atoms with E-state index in [0.717, 1.165) is 19.4 Å². The van der Waals surface area contributed by atoms with E-state index in [0.29, 0.717) is 29.4 Å². The van der Waals surface area contributed by atoms with Crippen molar-refractivity contribution in [3.8, 4) is 0 Å². The van der Waals surface area contributed by atoms with Crippen LogP contribution in [-0.4, -0.2) is 48.4 Å². The molecule has 138 valence electrons. The molecule has 9 heteroatoms. The number of benzene rings is 1. The highest BCUT2D eigenvalue weighted by Gasteiger charge is 2.17. The number of hydrogen-bond acceptors (Lipinski definition) is 7. The smallest absolute Gasteiger partial charge is 0.286 e. The van der Waals surface area contributed by atoms with Crippen LogP contribution in [0.5, 0.6) is 0 Å². The van der Waals surface area contributed by atoms with Crippen molar-refractivity contribution in [3.05, 3.63) is 39.8 Å². The zero-order valence-electron chi connectivity index (χ0n) is 14.4. The van der Waals surface area contributed by atoms with Gasteiger partial charge in [-0.1, -0.05) is 17.4 Å². The minimum atomic E-state index is -0.373. The van der Waals surface area contributed by atoms with Crippen LogP contribution in [0.2, 0.25) is 0 Å². The normalized spacial score (nSPS) is 16.4. The number of methoxy groups -OCH3 is 1. The fourth-order valence-electron chi connectivity index (χ4n) is 2.56. The molecule has 3 rings (SSSR count). The van der Waals surface area contributed by atoms with E-state index in [2.05, 4.69) is 20.8 Å². The summed E-state index contributed by atoms with van der Waals surface area (Å²) < 4.78 is 10.5. The van der Waals surface area contributed by atoms with Gasteiger partial charge in [0.25, 0.3) is 11.8 Å². The Morgan fingerprint density at radius 2 is 2.23 bits per heavy atom. The molecule has 0 unspecified atom stereocenters. The second kappa shape index (κ2) is 8.84. The monoisotopic (exact) mass is 376 g/mol. The molecule has 8 nitrogen and oxygen atoms in total. The Morgan fingerprint density at radius 3 is 3.00 bits per heavy atom. The minimum Gasteiger partial charge on any atom is -0.377 e. The van der Waals surface area contributed by atoms with Gasteiger partial charge in [0.1, 0.15) is 5.01 Å². The molecule has 1 aliphatic rings. The summed E-state index contributed by atoms with van der Waals surface area (Å²) in [7, 11) is 1.55. The number of aromatic nitrogens is 2. The van der Waals surface area contributed by atoms with Crippen LogP contribution >= 0.6 is 11.3 Å². The van der Waals surface area contributed by atoms with Crippen LogP contribution in [0.1, 0.15) is 38.0 Å². The zero-order chi connectivity index (χ0) is 18.4. The maximum absolute atomic E-state index is 12.3. The molecule has 2 amide bonds. The van der Waals surface area contributed by atoms with Crippen LogP contribution in [0.3, 0.4) is 0 Å². The quantitative estimate of drug-likeness (QED) is 0.764. The van der Waals surface area contributed by atoms with Crippen molar-refractivity contribution >= 4 is 28.8 Å². The van der Waals surface area contributed by atoms with E-state index >= 15 is 0 Å². The van der Waals surface area contributed by atoms with Gasteiger partial charge in [-0.3, -0.25) is 9.59 Å². The van der Waals surface area contributed by atoms with Crippen molar-refractivity contribution in [1.29, 1.82) is 0 Å². The van der Waals surface area contributed by atoms with Gasteiger partial charge in [-0.15, -0.1) is 10.2 Å². The molecule has 1 aliphatic heterocycles. The lowest BCUT2D eigenvalue weighted by atomic mass is 10.1. The molecule has 2 N–H and O–H groups in total. The highest BCUT2D eigenvalue weighted by atomic mass is 32.1. The molecule has 2 heterocycles. The summed E-state index contributed by atoms with van der Waals surface area (Å²) in [4.78, 5) is 24.5. The second-order valence-corrected chi connectivity index (χ2v) is 6.88. The van der Waals surface area contributed by atoms with Crippen molar-refractivity contribution in [1.82, 2.24) is 15.5 Å². The van der Waals surface area contributed by atoms with Crippen LogP contribution in [0.4, 0.5) is 5.69 Å². The molecule has 0 radical (unpaired) electrons. The summed E-state index contributed by atoms with van der Waals surface area (Å²) in [6.45, 7) is 1.55. The molecule has 1 aromatic carbocycles. The van der Waals surface area contributed by atoms with E-state index in [9.17, 15) is 9.59 Å². The van der Waals surface area contributed by atoms with Gasteiger partial charge in [0.2, 0.25) is 5.01 Å². The summed E-state index contributed by atoms with van der Waals surface area (Å²) in [5, 5.41) is 14.2. The number of rotatable bonds is 7. The minimum absolute atomic E-state index is 0.0838. The van der Waals surface area contributed by atoms with E-state index in [1.807, 2.05) is 0 Å². The average Bonchev–Trinajstić information content (AvgIpc) is 3.32. The Bertz CT molecular complexity index is 774.